The largest absolute Gasteiger partial charge is 0.384 e. The Labute approximate surface area is 126 Å². The van der Waals surface area contributed by atoms with Crippen LogP contribution in [0.5, 0.6) is 0 Å². The smallest absolute Gasteiger partial charge is 0.244 e. The van der Waals surface area contributed by atoms with E-state index in [2.05, 4.69) is 16.7 Å². The molecule has 1 heterocycles. The molecule has 1 saturated heterocycles. The number of benzene rings is 1. The Bertz CT molecular complexity index is 646. The molecule has 0 unspecified atom stereocenters. The highest BCUT2D eigenvalue weighted by atomic mass is 32.2. The Morgan fingerprint density at radius 2 is 1.95 bits per heavy atom. The van der Waals surface area contributed by atoms with Crippen LogP contribution in [0.1, 0.15) is 12.0 Å². The summed E-state index contributed by atoms with van der Waals surface area (Å²) in [4.78, 5) is 2.35. The van der Waals surface area contributed by atoms with Crippen molar-refractivity contribution < 1.29 is 13.5 Å². The molecule has 1 fully saturated rings. The first-order chi connectivity index (χ1) is 10.1. The second kappa shape index (κ2) is 7.05. The summed E-state index contributed by atoms with van der Waals surface area (Å²) in [6.07, 6.45) is 0.820. The lowest BCUT2D eigenvalue weighted by Gasteiger charge is -2.20. The minimum absolute atomic E-state index is 0.218. The second-order valence-electron chi connectivity index (χ2n) is 5.02. The lowest BCUT2D eigenvalue weighted by molar-refractivity contribution is 0.347. The molecule has 5 nitrogen and oxygen atoms in total. The summed E-state index contributed by atoms with van der Waals surface area (Å²) in [5.41, 5.74) is 0.434. The Morgan fingerprint density at radius 3 is 2.71 bits per heavy atom. The monoisotopic (exact) mass is 308 g/mol. The van der Waals surface area contributed by atoms with Gasteiger partial charge in [0, 0.05) is 25.2 Å². The normalized spacial score (nSPS) is 17.8. The molecule has 1 aliphatic heterocycles. The summed E-state index contributed by atoms with van der Waals surface area (Å²) >= 11 is 0. The average molecular weight is 308 g/mol. The summed E-state index contributed by atoms with van der Waals surface area (Å²) < 4.78 is 27.1. The molecule has 0 atom stereocenters. The van der Waals surface area contributed by atoms with Gasteiger partial charge in [0.15, 0.2) is 0 Å². The number of likely N-dealkylation sites (N-methyl/N-ethyl adjacent to an activating group) is 1. The first-order valence-corrected chi connectivity index (χ1v) is 8.37. The maximum absolute atomic E-state index is 12.8. The third-order valence-electron chi connectivity index (χ3n) is 3.49. The molecule has 114 valence electrons. The summed E-state index contributed by atoms with van der Waals surface area (Å²) in [6, 6.07) is 6.68. The molecule has 1 aromatic carbocycles. The number of rotatable bonds is 2. The fraction of sp³-hybridized carbons (Fsp3) is 0.467. The van der Waals surface area contributed by atoms with Gasteiger partial charge in [-0.2, -0.15) is 4.31 Å². The average Bonchev–Trinajstić information content (AvgIpc) is 2.70. The molecule has 0 aromatic heterocycles. The van der Waals surface area contributed by atoms with Crippen LogP contribution in [0.3, 0.4) is 0 Å². The van der Waals surface area contributed by atoms with E-state index in [1.807, 2.05) is 7.05 Å². The number of aliphatic hydroxyl groups excluding tert-OH is 1. The van der Waals surface area contributed by atoms with Crippen molar-refractivity contribution in [1.29, 1.82) is 0 Å². The van der Waals surface area contributed by atoms with E-state index in [0.717, 1.165) is 19.5 Å². The molecule has 1 aromatic rings. The number of aliphatic hydroxyl groups is 1. The van der Waals surface area contributed by atoms with Crippen molar-refractivity contribution in [3.63, 3.8) is 0 Å². The zero-order valence-corrected chi connectivity index (χ0v) is 12.9. The standard InChI is InChI=1S/C15H20N2O3S/c1-16-9-5-10-17(12-11-16)21(19,20)15-8-3-2-6-14(15)7-4-13-18/h2-3,6,8,18H,5,9-13H2,1H3. The van der Waals surface area contributed by atoms with Gasteiger partial charge in [0.1, 0.15) is 6.61 Å². The van der Waals surface area contributed by atoms with E-state index in [0.29, 0.717) is 18.7 Å². The van der Waals surface area contributed by atoms with Crippen LogP contribution in [0.2, 0.25) is 0 Å². The Kier molecular flexibility index (Phi) is 5.37. The van der Waals surface area contributed by atoms with Gasteiger partial charge >= 0.3 is 0 Å². The maximum Gasteiger partial charge on any atom is 0.244 e. The summed E-state index contributed by atoms with van der Waals surface area (Å²) in [7, 11) is -1.55. The third-order valence-corrected chi connectivity index (χ3v) is 5.44. The molecule has 1 aliphatic rings. The van der Waals surface area contributed by atoms with Gasteiger partial charge in [0.25, 0.3) is 0 Å². The van der Waals surface area contributed by atoms with Crippen LogP contribution in [-0.4, -0.2) is 62.6 Å². The molecular weight excluding hydrogens is 288 g/mol. The molecule has 6 heteroatoms. The maximum atomic E-state index is 12.8. The third kappa shape index (κ3) is 3.83. The number of hydrogen-bond donors (Lipinski definition) is 1. The molecule has 0 bridgehead atoms. The number of hydrogen-bond acceptors (Lipinski definition) is 4. The molecule has 0 radical (unpaired) electrons. The van der Waals surface area contributed by atoms with Crippen LogP contribution in [0.25, 0.3) is 0 Å². The van der Waals surface area contributed by atoms with Gasteiger partial charge in [-0.15, -0.1) is 0 Å². The topological polar surface area (TPSA) is 60.9 Å². The first-order valence-electron chi connectivity index (χ1n) is 6.93. The van der Waals surface area contributed by atoms with Crippen LogP contribution in [0.4, 0.5) is 0 Å². The predicted octanol–water partition coefficient (Wildman–Crippen LogP) is 0.357. The zero-order chi connectivity index (χ0) is 15.3. The zero-order valence-electron chi connectivity index (χ0n) is 12.1. The van der Waals surface area contributed by atoms with Crippen molar-refractivity contribution in [1.82, 2.24) is 9.21 Å². The van der Waals surface area contributed by atoms with E-state index >= 15 is 0 Å². The Balaban J connectivity index is 2.35. The molecule has 0 amide bonds. The molecular formula is C15H20N2O3S. The highest BCUT2D eigenvalue weighted by Gasteiger charge is 2.27. The molecule has 2 rings (SSSR count). The van der Waals surface area contributed by atoms with E-state index in [-0.39, 0.29) is 11.5 Å². The lowest BCUT2D eigenvalue weighted by Crippen LogP contribution is -2.34. The van der Waals surface area contributed by atoms with Crippen molar-refractivity contribution in [2.45, 2.75) is 11.3 Å². The number of sulfonamides is 1. The van der Waals surface area contributed by atoms with Gasteiger partial charge in [-0.3, -0.25) is 0 Å². The van der Waals surface area contributed by atoms with E-state index < -0.39 is 10.0 Å². The lowest BCUT2D eigenvalue weighted by atomic mass is 10.2. The van der Waals surface area contributed by atoms with Gasteiger partial charge in [-0.1, -0.05) is 24.0 Å². The van der Waals surface area contributed by atoms with E-state index in [4.69, 9.17) is 5.11 Å². The highest BCUT2D eigenvalue weighted by molar-refractivity contribution is 7.89. The fourth-order valence-electron chi connectivity index (χ4n) is 2.33. The predicted molar refractivity (Wildman–Crippen MR) is 81.3 cm³/mol. The van der Waals surface area contributed by atoms with E-state index in [1.165, 1.54) is 4.31 Å². The fourth-order valence-corrected chi connectivity index (χ4v) is 3.95. The Morgan fingerprint density at radius 1 is 1.19 bits per heavy atom. The molecule has 1 N–H and O–H groups in total. The van der Waals surface area contributed by atoms with Crippen molar-refractivity contribution in [2.75, 3.05) is 39.8 Å². The van der Waals surface area contributed by atoms with Crippen LogP contribution in [0.15, 0.2) is 29.2 Å². The first kappa shape index (κ1) is 16.0. The summed E-state index contributed by atoms with van der Waals surface area (Å²) in [5, 5.41) is 8.80. The summed E-state index contributed by atoms with van der Waals surface area (Å²) in [5.74, 6) is 5.23. The van der Waals surface area contributed by atoms with E-state index in [9.17, 15) is 8.42 Å². The quantitative estimate of drug-likeness (QED) is 0.801. The van der Waals surface area contributed by atoms with Gasteiger partial charge in [0.05, 0.1) is 4.90 Å². The Hall–Kier alpha value is -1.39. The minimum atomic E-state index is -3.55. The summed E-state index contributed by atoms with van der Waals surface area (Å²) in [6.45, 7) is 2.35. The second-order valence-corrected chi connectivity index (χ2v) is 6.92. The van der Waals surface area contributed by atoms with Gasteiger partial charge < -0.3 is 10.0 Å². The highest BCUT2D eigenvalue weighted by Crippen LogP contribution is 2.20. The molecule has 21 heavy (non-hydrogen) atoms. The van der Waals surface area contributed by atoms with Crippen molar-refractivity contribution >= 4 is 10.0 Å². The van der Waals surface area contributed by atoms with Crippen LogP contribution in [0, 0.1) is 11.8 Å². The molecule has 0 saturated carbocycles. The van der Waals surface area contributed by atoms with Crippen molar-refractivity contribution in [3.05, 3.63) is 29.8 Å². The number of nitrogens with zero attached hydrogens (tertiary/aromatic N) is 2. The van der Waals surface area contributed by atoms with Gasteiger partial charge in [-0.25, -0.2) is 8.42 Å². The van der Waals surface area contributed by atoms with Crippen molar-refractivity contribution in [3.8, 4) is 11.8 Å². The van der Waals surface area contributed by atoms with Gasteiger partial charge in [-0.05, 0) is 32.1 Å². The molecule has 0 spiro atoms. The van der Waals surface area contributed by atoms with Crippen molar-refractivity contribution in [2.24, 2.45) is 0 Å². The van der Waals surface area contributed by atoms with Crippen LogP contribution in [-0.2, 0) is 10.0 Å². The van der Waals surface area contributed by atoms with Gasteiger partial charge in [0.2, 0.25) is 10.0 Å². The minimum Gasteiger partial charge on any atom is -0.384 e. The van der Waals surface area contributed by atoms with E-state index in [1.54, 1.807) is 24.3 Å². The van der Waals surface area contributed by atoms with Crippen LogP contribution < -0.4 is 0 Å². The molecule has 0 aliphatic carbocycles. The van der Waals surface area contributed by atoms with Crippen LogP contribution >= 0.6 is 0 Å². The SMILES string of the molecule is CN1CCCN(S(=O)(=O)c2ccccc2C#CCO)CC1.